The molecule has 8 heteroatoms. The molecule has 35 heavy (non-hydrogen) atoms. The van der Waals surface area contributed by atoms with Crippen molar-refractivity contribution in [1.82, 2.24) is 19.9 Å². The number of rotatable bonds is 7. The number of fused-ring (bicyclic) bond motifs is 1. The van der Waals surface area contributed by atoms with Gasteiger partial charge in [0, 0.05) is 55.9 Å². The fourth-order valence-corrected chi connectivity index (χ4v) is 4.95. The van der Waals surface area contributed by atoms with Gasteiger partial charge >= 0.3 is 0 Å². The number of carbonyl (C=O) groups excluding carboxylic acids is 1. The molecule has 1 amide bonds. The zero-order valence-electron chi connectivity index (χ0n) is 20.4. The van der Waals surface area contributed by atoms with Gasteiger partial charge in [0.2, 0.25) is 5.91 Å². The first-order valence-corrected chi connectivity index (χ1v) is 12.2. The first kappa shape index (κ1) is 23.2. The summed E-state index contributed by atoms with van der Waals surface area (Å²) in [6.07, 6.45) is 7.98. The lowest BCUT2D eigenvalue weighted by atomic mass is 9.97. The number of anilines is 2. The van der Waals surface area contributed by atoms with Crippen molar-refractivity contribution in [2.75, 3.05) is 44.0 Å². The van der Waals surface area contributed by atoms with Crippen LogP contribution in [-0.2, 0) is 9.53 Å². The highest BCUT2D eigenvalue weighted by molar-refractivity contribution is 5.96. The first-order chi connectivity index (χ1) is 17.0. The van der Waals surface area contributed by atoms with E-state index in [1.54, 1.807) is 25.6 Å². The molecular weight excluding hydrogens is 440 g/mol. The molecule has 1 atom stereocenters. The quantitative estimate of drug-likeness (QED) is 0.557. The fourth-order valence-electron chi connectivity index (χ4n) is 4.95. The molecule has 2 fully saturated rings. The van der Waals surface area contributed by atoms with Crippen LogP contribution >= 0.6 is 0 Å². The average molecular weight is 473 g/mol. The summed E-state index contributed by atoms with van der Waals surface area (Å²) in [5.74, 6) is 1.37. The third-order valence-electron chi connectivity index (χ3n) is 6.92. The number of amides is 1. The summed E-state index contributed by atoms with van der Waals surface area (Å²) >= 11 is 0. The Hall–Kier alpha value is -3.52. The number of piperazine rings is 1. The Morgan fingerprint density at radius 3 is 2.80 bits per heavy atom. The van der Waals surface area contributed by atoms with E-state index in [1.807, 2.05) is 11.0 Å². The Morgan fingerprint density at radius 1 is 1.26 bits per heavy atom. The number of pyridine rings is 3. The zero-order valence-corrected chi connectivity index (χ0v) is 20.4. The maximum absolute atomic E-state index is 12.6. The maximum atomic E-state index is 12.6. The number of nitrogens with two attached hydrogens (primary N) is 1. The lowest BCUT2D eigenvalue weighted by Gasteiger charge is -2.41. The molecule has 1 saturated heterocycles. The van der Waals surface area contributed by atoms with Gasteiger partial charge < -0.3 is 20.3 Å². The van der Waals surface area contributed by atoms with Crippen LogP contribution in [0.15, 0.2) is 37.2 Å². The molecule has 1 aliphatic heterocycles. The molecule has 2 aliphatic rings. The fraction of sp³-hybridized carbons (Fsp3) is 0.407. The van der Waals surface area contributed by atoms with E-state index in [9.17, 15) is 4.79 Å². The number of hydrogen-bond acceptors (Lipinski definition) is 7. The van der Waals surface area contributed by atoms with Gasteiger partial charge in [0.1, 0.15) is 0 Å². The van der Waals surface area contributed by atoms with E-state index < -0.39 is 0 Å². The van der Waals surface area contributed by atoms with Gasteiger partial charge in [-0.1, -0.05) is 6.58 Å². The van der Waals surface area contributed by atoms with Crippen LogP contribution < -0.4 is 10.6 Å². The number of hydrogen-bond donors (Lipinski definition) is 1. The van der Waals surface area contributed by atoms with Gasteiger partial charge in [0.25, 0.3) is 0 Å². The van der Waals surface area contributed by atoms with Crippen LogP contribution in [0.4, 0.5) is 11.5 Å². The molecule has 2 N–H and O–H groups in total. The lowest BCUT2D eigenvalue weighted by molar-refractivity contribution is -0.134. The summed E-state index contributed by atoms with van der Waals surface area (Å²) in [5.41, 5.74) is 12.1. The molecule has 3 aromatic heterocycles. The molecule has 0 bridgehead atoms. The Balaban J connectivity index is 1.50. The Bertz CT molecular complexity index is 1270. The number of nitrogens with zero attached hydrogens (tertiary/aromatic N) is 5. The molecule has 5 rings (SSSR count). The van der Waals surface area contributed by atoms with Crippen molar-refractivity contribution in [1.29, 1.82) is 0 Å². The highest BCUT2D eigenvalue weighted by Crippen LogP contribution is 2.46. The second kappa shape index (κ2) is 9.62. The second-order valence-corrected chi connectivity index (χ2v) is 9.42. The average Bonchev–Trinajstić information content (AvgIpc) is 3.71. The normalized spacial score (nSPS) is 18.2. The second-order valence-electron chi connectivity index (χ2n) is 9.42. The number of ether oxygens (including phenoxy) is 1. The van der Waals surface area contributed by atoms with E-state index in [0.29, 0.717) is 44.3 Å². The van der Waals surface area contributed by atoms with Gasteiger partial charge in [-0.15, -0.1) is 0 Å². The van der Waals surface area contributed by atoms with Crippen molar-refractivity contribution in [3.05, 3.63) is 48.6 Å². The molecule has 3 aromatic rings. The van der Waals surface area contributed by atoms with Gasteiger partial charge in [-0.3, -0.25) is 9.78 Å². The Kier molecular flexibility index (Phi) is 6.38. The van der Waals surface area contributed by atoms with Gasteiger partial charge in [-0.25, -0.2) is 9.97 Å². The topological polar surface area (TPSA) is 97.5 Å². The monoisotopic (exact) mass is 472 g/mol. The molecule has 0 radical (unpaired) electrons. The highest BCUT2D eigenvalue weighted by atomic mass is 16.5. The van der Waals surface area contributed by atoms with Crippen molar-refractivity contribution >= 4 is 34.4 Å². The summed E-state index contributed by atoms with van der Waals surface area (Å²) in [5, 5.41) is 1.03. The molecule has 4 heterocycles. The minimum Gasteiger partial charge on any atom is -0.396 e. The van der Waals surface area contributed by atoms with Crippen molar-refractivity contribution in [2.45, 2.75) is 38.1 Å². The number of carbonyl (C=O) groups is 1. The van der Waals surface area contributed by atoms with Crippen LogP contribution in [-0.4, -0.2) is 65.2 Å². The molecule has 1 aliphatic carbocycles. The van der Waals surface area contributed by atoms with E-state index in [2.05, 4.69) is 40.5 Å². The standard InChI is InChI=1S/C27H32N6O2/c1-4-19-13-21(20-7-9-29-15-24(20)30-19)22-14-23(28)27(31-26(22)18-5-6-18)32-10-11-33(17(2)16-32)25(34)8-12-35-3/h4,7,9,13-15,17-18H,1,5-6,8,10-12,16,28H2,2-3H3/t17-/m1/s1. The minimum atomic E-state index is 0.0742. The smallest absolute Gasteiger partial charge is 0.225 e. The molecule has 0 spiro atoms. The summed E-state index contributed by atoms with van der Waals surface area (Å²) in [6, 6.07) is 6.19. The molecule has 0 unspecified atom stereocenters. The molecule has 8 nitrogen and oxygen atoms in total. The van der Waals surface area contributed by atoms with Crippen LogP contribution in [0.5, 0.6) is 0 Å². The Morgan fingerprint density at radius 2 is 2.09 bits per heavy atom. The maximum Gasteiger partial charge on any atom is 0.225 e. The summed E-state index contributed by atoms with van der Waals surface area (Å²) < 4.78 is 5.08. The van der Waals surface area contributed by atoms with E-state index in [0.717, 1.165) is 52.1 Å². The largest absolute Gasteiger partial charge is 0.396 e. The first-order valence-electron chi connectivity index (χ1n) is 12.2. The molecular formula is C27H32N6O2. The van der Waals surface area contributed by atoms with E-state index in [4.69, 9.17) is 15.5 Å². The summed E-state index contributed by atoms with van der Waals surface area (Å²) in [6.45, 7) is 8.49. The zero-order chi connectivity index (χ0) is 24.5. The third kappa shape index (κ3) is 4.58. The Labute approximate surface area is 205 Å². The summed E-state index contributed by atoms with van der Waals surface area (Å²) in [4.78, 5) is 30.8. The summed E-state index contributed by atoms with van der Waals surface area (Å²) in [7, 11) is 1.62. The third-order valence-corrected chi connectivity index (χ3v) is 6.92. The molecule has 1 saturated carbocycles. The predicted octanol–water partition coefficient (Wildman–Crippen LogP) is 3.87. The van der Waals surface area contributed by atoms with Crippen LogP contribution in [0.3, 0.4) is 0 Å². The van der Waals surface area contributed by atoms with Gasteiger partial charge in [0.05, 0.1) is 41.8 Å². The van der Waals surface area contributed by atoms with Gasteiger partial charge in [-0.2, -0.15) is 0 Å². The highest BCUT2D eigenvalue weighted by Gasteiger charge is 2.33. The number of methoxy groups -OCH3 is 1. The van der Waals surface area contributed by atoms with Crippen LogP contribution in [0.25, 0.3) is 28.1 Å². The SMILES string of the molecule is C=Cc1cc(-c2cc(N)c(N3CCN(C(=O)CCOC)[C@H](C)C3)nc2C2CC2)c2ccncc2n1. The van der Waals surface area contributed by atoms with E-state index in [1.165, 1.54) is 0 Å². The van der Waals surface area contributed by atoms with Crippen LogP contribution in [0.2, 0.25) is 0 Å². The molecule has 0 aromatic carbocycles. The number of nitrogen functional groups attached to an aromatic ring is 1. The van der Waals surface area contributed by atoms with Crippen LogP contribution in [0, 0.1) is 0 Å². The van der Waals surface area contributed by atoms with Crippen molar-refractivity contribution in [3.8, 4) is 11.1 Å². The van der Waals surface area contributed by atoms with E-state index in [-0.39, 0.29) is 11.9 Å². The van der Waals surface area contributed by atoms with Gasteiger partial charge in [-0.05, 0) is 49.6 Å². The van der Waals surface area contributed by atoms with Crippen molar-refractivity contribution in [3.63, 3.8) is 0 Å². The number of aromatic nitrogens is 3. The molecule has 182 valence electrons. The lowest BCUT2D eigenvalue weighted by Crippen LogP contribution is -2.54. The minimum absolute atomic E-state index is 0.0742. The van der Waals surface area contributed by atoms with Crippen molar-refractivity contribution < 1.29 is 9.53 Å². The van der Waals surface area contributed by atoms with Crippen molar-refractivity contribution in [2.24, 2.45) is 0 Å². The van der Waals surface area contributed by atoms with Gasteiger partial charge in [0.15, 0.2) is 5.82 Å². The van der Waals surface area contributed by atoms with E-state index >= 15 is 0 Å². The predicted molar refractivity (Wildman–Crippen MR) is 139 cm³/mol. The van der Waals surface area contributed by atoms with Crippen LogP contribution in [0.1, 0.15) is 43.5 Å².